The first-order valence-corrected chi connectivity index (χ1v) is 6.47. The van der Waals surface area contributed by atoms with Gasteiger partial charge in [0.2, 0.25) is 11.8 Å². The van der Waals surface area contributed by atoms with Crippen molar-refractivity contribution in [1.29, 1.82) is 0 Å². The second kappa shape index (κ2) is 4.17. The quantitative estimate of drug-likeness (QED) is 0.865. The van der Waals surface area contributed by atoms with Crippen LogP contribution in [0.1, 0.15) is 37.8 Å². The highest BCUT2D eigenvalue weighted by molar-refractivity contribution is 5.79. The maximum absolute atomic E-state index is 11.9. The van der Waals surface area contributed by atoms with Crippen LogP contribution in [-0.4, -0.2) is 10.9 Å². The molecule has 1 N–H and O–H groups in total. The smallest absolute Gasteiger partial charge is 0.223 e. The zero-order chi connectivity index (χ0) is 11.8. The second-order valence-electron chi connectivity index (χ2n) is 5.22. The number of carbonyl (C=O) groups is 1. The molecule has 1 heterocycles. The van der Waals surface area contributed by atoms with Crippen molar-refractivity contribution in [1.82, 2.24) is 10.3 Å². The van der Waals surface area contributed by atoms with E-state index in [4.69, 9.17) is 4.42 Å². The van der Waals surface area contributed by atoms with E-state index in [1.54, 1.807) is 6.20 Å². The minimum absolute atomic E-state index is 0.174. The fraction of sp³-hybridized carbons (Fsp3) is 0.692. The second-order valence-corrected chi connectivity index (χ2v) is 5.22. The van der Waals surface area contributed by atoms with E-state index in [1.165, 1.54) is 6.42 Å². The topological polar surface area (TPSA) is 55.1 Å². The van der Waals surface area contributed by atoms with Gasteiger partial charge in [-0.2, -0.15) is 0 Å². The summed E-state index contributed by atoms with van der Waals surface area (Å²) in [6, 6.07) is 0. The number of fused-ring (bicyclic) bond motifs is 1. The van der Waals surface area contributed by atoms with Crippen LogP contribution in [0.5, 0.6) is 0 Å². The van der Waals surface area contributed by atoms with Crippen LogP contribution >= 0.6 is 0 Å². The summed E-state index contributed by atoms with van der Waals surface area (Å²) in [6.07, 6.45) is 6.09. The van der Waals surface area contributed by atoms with E-state index in [-0.39, 0.29) is 11.8 Å². The minimum atomic E-state index is 0.174. The molecule has 17 heavy (non-hydrogen) atoms. The van der Waals surface area contributed by atoms with Crippen molar-refractivity contribution < 1.29 is 9.21 Å². The highest BCUT2D eigenvalue weighted by Crippen LogP contribution is 2.54. The molecule has 0 bridgehead atoms. The van der Waals surface area contributed by atoms with Gasteiger partial charge in [0.15, 0.2) is 0 Å². The number of carbonyl (C=O) groups excluding carboxylic acids is 1. The van der Waals surface area contributed by atoms with Gasteiger partial charge < -0.3 is 9.73 Å². The first kappa shape index (κ1) is 10.8. The third-order valence-electron chi connectivity index (χ3n) is 3.98. The predicted molar refractivity (Wildman–Crippen MR) is 62.0 cm³/mol. The van der Waals surface area contributed by atoms with Crippen LogP contribution in [0, 0.1) is 17.8 Å². The van der Waals surface area contributed by atoms with Crippen molar-refractivity contribution in [3.05, 3.63) is 17.8 Å². The van der Waals surface area contributed by atoms with Crippen molar-refractivity contribution in [3.8, 4) is 0 Å². The summed E-state index contributed by atoms with van der Waals surface area (Å²) < 4.78 is 5.45. The summed E-state index contributed by atoms with van der Waals surface area (Å²) >= 11 is 0. The van der Waals surface area contributed by atoms with Crippen LogP contribution in [0.2, 0.25) is 0 Å². The molecule has 2 aliphatic rings. The molecule has 92 valence electrons. The Labute approximate surface area is 101 Å². The van der Waals surface area contributed by atoms with Gasteiger partial charge in [-0.3, -0.25) is 4.79 Å². The summed E-state index contributed by atoms with van der Waals surface area (Å²) in [4.78, 5) is 16.0. The highest BCUT2D eigenvalue weighted by atomic mass is 16.4. The van der Waals surface area contributed by atoms with Gasteiger partial charge >= 0.3 is 0 Å². The lowest BCUT2D eigenvalue weighted by Gasteiger charge is -2.10. The molecular weight excluding hydrogens is 216 g/mol. The molecule has 0 radical (unpaired) electrons. The van der Waals surface area contributed by atoms with E-state index in [2.05, 4.69) is 10.3 Å². The molecule has 4 nitrogen and oxygen atoms in total. The number of hydrogen-bond acceptors (Lipinski definition) is 3. The summed E-state index contributed by atoms with van der Waals surface area (Å²) in [5, 5.41) is 2.92. The highest BCUT2D eigenvalue weighted by Gasteiger charge is 2.47. The number of rotatable bonds is 4. The molecule has 0 saturated heterocycles. The van der Waals surface area contributed by atoms with E-state index >= 15 is 0 Å². The van der Waals surface area contributed by atoms with Crippen LogP contribution in [0.4, 0.5) is 0 Å². The summed E-state index contributed by atoms with van der Waals surface area (Å²) in [7, 11) is 0. The SMILES string of the molecule is CCc1cnc(CNC(=O)C2CC3CC3C2)o1. The Kier molecular flexibility index (Phi) is 2.65. The molecule has 1 aromatic heterocycles. The largest absolute Gasteiger partial charge is 0.444 e. The van der Waals surface area contributed by atoms with E-state index in [0.717, 1.165) is 36.9 Å². The lowest BCUT2D eigenvalue weighted by Crippen LogP contribution is -2.29. The van der Waals surface area contributed by atoms with Crippen molar-refractivity contribution in [2.75, 3.05) is 0 Å². The van der Waals surface area contributed by atoms with Crippen LogP contribution in [-0.2, 0) is 17.8 Å². The first-order chi connectivity index (χ1) is 8.26. The number of aryl methyl sites for hydroxylation is 1. The number of oxazole rings is 1. The Bertz CT molecular complexity index is 417. The number of amides is 1. The maximum atomic E-state index is 11.9. The van der Waals surface area contributed by atoms with Gasteiger partial charge in [-0.25, -0.2) is 4.98 Å². The molecule has 4 heteroatoms. The Hall–Kier alpha value is -1.32. The van der Waals surface area contributed by atoms with E-state index < -0.39 is 0 Å². The average molecular weight is 234 g/mol. The van der Waals surface area contributed by atoms with E-state index in [1.807, 2.05) is 6.92 Å². The van der Waals surface area contributed by atoms with E-state index in [0.29, 0.717) is 12.4 Å². The Morgan fingerprint density at radius 3 is 2.88 bits per heavy atom. The molecule has 2 atom stereocenters. The molecule has 0 spiro atoms. The van der Waals surface area contributed by atoms with Crippen molar-refractivity contribution in [2.45, 2.75) is 39.2 Å². The van der Waals surface area contributed by atoms with Gasteiger partial charge in [0, 0.05) is 12.3 Å². The zero-order valence-electron chi connectivity index (χ0n) is 10.1. The lowest BCUT2D eigenvalue weighted by atomic mass is 10.0. The molecule has 2 fully saturated rings. The fourth-order valence-electron chi connectivity index (χ4n) is 2.83. The van der Waals surface area contributed by atoms with E-state index in [9.17, 15) is 4.79 Å². The summed E-state index contributed by atoms with van der Waals surface area (Å²) in [6.45, 7) is 2.44. The normalized spacial score (nSPS) is 30.1. The van der Waals surface area contributed by atoms with Crippen molar-refractivity contribution in [2.24, 2.45) is 17.8 Å². The zero-order valence-corrected chi connectivity index (χ0v) is 10.1. The van der Waals surface area contributed by atoms with Gasteiger partial charge in [-0.1, -0.05) is 6.92 Å². The number of nitrogens with one attached hydrogen (secondary N) is 1. The molecule has 0 aromatic carbocycles. The van der Waals surface area contributed by atoms with Crippen molar-refractivity contribution >= 4 is 5.91 Å². The van der Waals surface area contributed by atoms with Crippen LogP contribution < -0.4 is 5.32 Å². The van der Waals surface area contributed by atoms with Crippen LogP contribution in [0.3, 0.4) is 0 Å². The van der Waals surface area contributed by atoms with Gasteiger partial charge in [-0.05, 0) is 31.1 Å². The molecular formula is C13H18N2O2. The van der Waals surface area contributed by atoms with Gasteiger partial charge in [0.25, 0.3) is 0 Å². The van der Waals surface area contributed by atoms with Crippen LogP contribution in [0.15, 0.2) is 10.6 Å². The third-order valence-corrected chi connectivity index (χ3v) is 3.98. The Morgan fingerprint density at radius 1 is 1.47 bits per heavy atom. The standard InChI is InChI=1S/C13H18N2O2/c1-2-11-6-14-12(17-11)7-15-13(16)10-4-8-3-9(8)5-10/h6,8-10H,2-5,7H2,1H3,(H,15,16). The molecule has 2 saturated carbocycles. The van der Waals surface area contributed by atoms with Crippen LogP contribution in [0.25, 0.3) is 0 Å². The average Bonchev–Trinajstić information content (AvgIpc) is 2.82. The number of aromatic nitrogens is 1. The van der Waals surface area contributed by atoms with Gasteiger partial charge in [-0.15, -0.1) is 0 Å². The fourth-order valence-corrected chi connectivity index (χ4v) is 2.83. The molecule has 1 amide bonds. The molecule has 0 aliphatic heterocycles. The maximum Gasteiger partial charge on any atom is 0.223 e. The molecule has 3 rings (SSSR count). The summed E-state index contributed by atoms with van der Waals surface area (Å²) in [5.41, 5.74) is 0. The Morgan fingerprint density at radius 2 is 2.24 bits per heavy atom. The molecule has 2 aliphatic carbocycles. The monoisotopic (exact) mass is 234 g/mol. The molecule has 1 aromatic rings. The van der Waals surface area contributed by atoms with Crippen molar-refractivity contribution in [3.63, 3.8) is 0 Å². The number of nitrogens with zero attached hydrogens (tertiary/aromatic N) is 1. The van der Waals surface area contributed by atoms with Gasteiger partial charge in [0.1, 0.15) is 5.76 Å². The number of hydrogen-bond donors (Lipinski definition) is 1. The van der Waals surface area contributed by atoms with Gasteiger partial charge in [0.05, 0.1) is 12.7 Å². The lowest BCUT2D eigenvalue weighted by molar-refractivity contribution is -0.125. The predicted octanol–water partition coefficient (Wildman–Crippen LogP) is 1.90. The summed E-state index contributed by atoms with van der Waals surface area (Å²) in [5.74, 6) is 3.58. The minimum Gasteiger partial charge on any atom is -0.444 e. The first-order valence-electron chi connectivity index (χ1n) is 6.47. The molecule has 2 unspecified atom stereocenters. The Balaban J connectivity index is 1.48. The third kappa shape index (κ3) is 2.21.